The Hall–Kier alpha value is -0.0800. The van der Waals surface area contributed by atoms with Crippen molar-refractivity contribution in [3.8, 4) is 0 Å². The number of methoxy groups -OCH3 is 1. The van der Waals surface area contributed by atoms with Gasteiger partial charge < -0.3 is 10.1 Å². The molecule has 0 bridgehead atoms. The molecule has 0 fully saturated rings. The van der Waals surface area contributed by atoms with Crippen LogP contribution in [0.25, 0.3) is 0 Å². The summed E-state index contributed by atoms with van der Waals surface area (Å²) in [6.45, 7) is 6.54. The fraction of sp³-hybridized carbons (Fsp3) is 1.00. The van der Waals surface area contributed by atoms with Crippen molar-refractivity contribution >= 4 is 0 Å². The molecule has 0 saturated heterocycles. The summed E-state index contributed by atoms with van der Waals surface area (Å²) in [5, 5.41) is 3.64. The minimum absolute atomic E-state index is 0.667. The van der Waals surface area contributed by atoms with E-state index < -0.39 is 0 Å². The molecule has 0 aliphatic heterocycles. The summed E-state index contributed by atoms with van der Waals surface area (Å²) in [5.41, 5.74) is 0. The minimum Gasteiger partial charge on any atom is -0.385 e. The highest BCUT2D eigenvalue weighted by Crippen LogP contribution is 2.11. The molecule has 0 heterocycles. The molecule has 110 valence electrons. The average molecular weight is 257 g/mol. The van der Waals surface area contributed by atoms with Crippen molar-refractivity contribution in [3.63, 3.8) is 0 Å². The Balaban J connectivity index is 3.43. The Morgan fingerprint density at radius 3 is 2.11 bits per heavy atom. The SMILES string of the molecule is CCCCCCCCCC(CCOC)NCCC. The number of nitrogens with one attached hydrogen (secondary N) is 1. The van der Waals surface area contributed by atoms with Crippen LogP contribution in [-0.2, 0) is 4.74 Å². The first kappa shape index (κ1) is 17.9. The maximum atomic E-state index is 5.18. The maximum absolute atomic E-state index is 5.18. The Bertz CT molecular complexity index is 142. The Labute approximate surface area is 115 Å². The van der Waals surface area contributed by atoms with Crippen LogP contribution in [0, 0.1) is 0 Å². The van der Waals surface area contributed by atoms with E-state index in [-0.39, 0.29) is 0 Å². The molecule has 0 saturated carbocycles. The molecule has 2 heteroatoms. The molecule has 1 N–H and O–H groups in total. The van der Waals surface area contributed by atoms with Gasteiger partial charge in [0.15, 0.2) is 0 Å². The molecule has 1 atom stereocenters. The second-order valence-corrected chi connectivity index (χ2v) is 5.34. The summed E-state index contributed by atoms with van der Waals surface area (Å²) < 4.78 is 5.18. The van der Waals surface area contributed by atoms with Crippen molar-refractivity contribution in [1.29, 1.82) is 0 Å². The molecular weight excluding hydrogens is 222 g/mol. The van der Waals surface area contributed by atoms with Gasteiger partial charge in [0.2, 0.25) is 0 Å². The van der Waals surface area contributed by atoms with Crippen molar-refractivity contribution in [1.82, 2.24) is 5.32 Å². The van der Waals surface area contributed by atoms with Crippen LogP contribution in [0.15, 0.2) is 0 Å². The predicted octanol–water partition coefficient (Wildman–Crippen LogP) is 4.53. The highest BCUT2D eigenvalue weighted by Gasteiger charge is 2.06. The fourth-order valence-electron chi connectivity index (χ4n) is 2.30. The third kappa shape index (κ3) is 12.4. The van der Waals surface area contributed by atoms with Crippen molar-refractivity contribution in [3.05, 3.63) is 0 Å². The number of hydrogen-bond donors (Lipinski definition) is 1. The van der Waals surface area contributed by atoms with Gasteiger partial charge in [-0.2, -0.15) is 0 Å². The van der Waals surface area contributed by atoms with E-state index in [0.717, 1.165) is 19.6 Å². The van der Waals surface area contributed by atoms with Crippen molar-refractivity contribution in [2.75, 3.05) is 20.3 Å². The third-order valence-electron chi connectivity index (χ3n) is 3.51. The van der Waals surface area contributed by atoms with Gasteiger partial charge in [-0.3, -0.25) is 0 Å². The van der Waals surface area contributed by atoms with Crippen molar-refractivity contribution in [2.24, 2.45) is 0 Å². The van der Waals surface area contributed by atoms with Crippen LogP contribution in [0.1, 0.15) is 78.1 Å². The summed E-state index contributed by atoms with van der Waals surface area (Å²) >= 11 is 0. The van der Waals surface area contributed by atoms with Crippen LogP contribution in [0.5, 0.6) is 0 Å². The van der Waals surface area contributed by atoms with E-state index in [1.54, 1.807) is 7.11 Å². The minimum atomic E-state index is 0.667. The molecule has 18 heavy (non-hydrogen) atoms. The van der Waals surface area contributed by atoms with Crippen LogP contribution in [-0.4, -0.2) is 26.3 Å². The largest absolute Gasteiger partial charge is 0.385 e. The second kappa shape index (κ2) is 15.0. The molecule has 0 aromatic heterocycles. The lowest BCUT2D eigenvalue weighted by molar-refractivity contribution is 0.180. The summed E-state index contributed by atoms with van der Waals surface area (Å²) in [6, 6.07) is 0.667. The zero-order valence-electron chi connectivity index (χ0n) is 13.0. The zero-order chi connectivity index (χ0) is 13.5. The number of hydrogen-bond acceptors (Lipinski definition) is 2. The molecule has 2 nitrogen and oxygen atoms in total. The van der Waals surface area contributed by atoms with E-state index in [9.17, 15) is 0 Å². The van der Waals surface area contributed by atoms with Crippen LogP contribution in [0.4, 0.5) is 0 Å². The van der Waals surface area contributed by atoms with Crippen LogP contribution >= 0.6 is 0 Å². The number of ether oxygens (including phenoxy) is 1. The molecule has 0 aromatic rings. The lowest BCUT2D eigenvalue weighted by atomic mass is 10.0. The molecule has 0 radical (unpaired) electrons. The fourth-order valence-corrected chi connectivity index (χ4v) is 2.30. The smallest absolute Gasteiger partial charge is 0.0477 e. The summed E-state index contributed by atoms with van der Waals surface area (Å²) in [4.78, 5) is 0. The van der Waals surface area contributed by atoms with Gasteiger partial charge in [0.1, 0.15) is 0 Å². The van der Waals surface area contributed by atoms with Gasteiger partial charge in [0.25, 0.3) is 0 Å². The molecule has 0 aromatic carbocycles. The first-order chi connectivity index (χ1) is 8.85. The summed E-state index contributed by atoms with van der Waals surface area (Å²) in [6.07, 6.45) is 13.5. The standard InChI is InChI=1S/C16H35NO/c1-4-6-7-8-9-10-11-12-16(13-15-18-3)17-14-5-2/h16-17H,4-15H2,1-3H3. The van der Waals surface area contributed by atoms with Crippen LogP contribution in [0.3, 0.4) is 0 Å². The van der Waals surface area contributed by atoms with E-state index in [2.05, 4.69) is 19.2 Å². The molecular formula is C16H35NO. The Morgan fingerprint density at radius 1 is 0.833 bits per heavy atom. The lowest BCUT2D eigenvalue weighted by Gasteiger charge is -2.18. The highest BCUT2D eigenvalue weighted by atomic mass is 16.5. The zero-order valence-corrected chi connectivity index (χ0v) is 13.0. The maximum Gasteiger partial charge on any atom is 0.0477 e. The van der Waals surface area contributed by atoms with E-state index >= 15 is 0 Å². The van der Waals surface area contributed by atoms with Gasteiger partial charge in [-0.25, -0.2) is 0 Å². The van der Waals surface area contributed by atoms with Gasteiger partial charge in [0.05, 0.1) is 0 Å². The molecule has 0 aliphatic carbocycles. The normalized spacial score (nSPS) is 12.8. The van der Waals surface area contributed by atoms with Crippen LogP contribution in [0.2, 0.25) is 0 Å². The van der Waals surface area contributed by atoms with E-state index in [4.69, 9.17) is 4.74 Å². The van der Waals surface area contributed by atoms with E-state index in [1.807, 2.05) is 0 Å². The van der Waals surface area contributed by atoms with Gasteiger partial charge >= 0.3 is 0 Å². The van der Waals surface area contributed by atoms with Crippen molar-refractivity contribution < 1.29 is 4.74 Å². The topological polar surface area (TPSA) is 21.3 Å². The lowest BCUT2D eigenvalue weighted by Crippen LogP contribution is -2.30. The van der Waals surface area contributed by atoms with E-state index in [0.29, 0.717) is 6.04 Å². The first-order valence-corrected chi connectivity index (χ1v) is 8.07. The van der Waals surface area contributed by atoms with Crippen LogP contribution < -0.4 is 5.32 Å². The van der Waals surface area contributed by atoms with Crippen molar-refractivity contribution in [2.45, 2.75) is 84.1 Å². The predicted molar refractivity (Wildman–Crippen MR) is 81.2 cm³/mol. The van der Waals surface area contributed by atoms with Gasteiger partial charge in [-0.1, -0.05) is 58.8 Å². The molecule has 1 unspecified atom stereocenters. The summed E-state index contributed by atoms with van der Waals surface area (Å²) in [5.74, 6) is 0. The van der Waals surface area contributed by atoms with Gasteiger partial charge in [-0.15, -0.1) is 0 Å². The average Bonchev–Trinajstić information content (AvgIpc) is 2.40. The summed E-state index contributed by atoms with van der Waals surface area (Å²) in [7, 11) is 1.80. The molecule has 0 aliphatic rings. The third-order valence-corrected chi connectivity index (χ3v) is 3.51. The van der Waals surface area contributed by atoms with Gasteiger partial charge in [-0.05, 0) is 25.8 Å². The first-order valence-electron chi connectivity index (χ1n) is 8.07. The Morgan fingerprint density at radius 2 is 1.50 bits per heavy atom. The second-order valence-electron chi connectivity index (χ2n) is 5.34. The molecule has 0 amide bonds. The molecule has 0 rings (SSSR count). The molecule has 0 spiro atoms. The van der Waals surface area contributed by atoms with Gasteiger partial charge in [0, 0.05) is 19.8 Å². The highest BCUT2D eigenvalue weighted by molar-refractivity contribution is 4.66. The quantitative estimate of drug-likeness (QED) is 0.462. The Kier molecular flexibility index (Phi) is 14.9. The monoisotopic (exact) mass is 257 g/mol. The van der Waals surface area contributed by atoms with E-state index in [1.165, 1.54) is 57.8 Å². The number of unbranched alkanes of at least 4 members (excludes halogenated alkanes) is 6. The number of rotatable bonds is 14.